The fourth-order valence-corrected chi connectivity index (χ4v) is 8.82. The topological polar surface area (TPSA) is 88.2 Å². The lowest BCUT2D eigenvalue weighted by Crippen LogP contribution is -2.49. The number of likely N-dealkylation sites (N-methyl/N-ethyl adjacent to an activating group) is 1. The van der Waals surface area contributed by atoms with Crippen molar-refractivity contribution in [1.82, 2.24) is 9.62 Å². The maximum Gasteiger partial charge on any atom is 0.264 e. The summed E-state index contributed by atoms with van der Waals surface area (Å²) >= 11 is 7.10. The maximum atomic E-state index is 13.5. The van der Waals surface area contributed by atoms with Crippen molar-refractivity contribution in [3.05, 3.63) is 64.2 Å². The molecule has 2 aromatic carbocycles. The molecule has 0 aromatic heterocycles. The number of nitrogens with one attached hydrogen (secondary N) is 1. The van der Waals surface area contributed by atoms with Crippen LogP contribution in [0.25, 0.3) is 0 Å². The Labute approximate surface area is 254 Å². The van der Waals surface area contributed by atoms with Crippen LogP contribution < -0.4 is 14.4 Å². The van der Waals surface area contributed by atoms with Gasteiger partial charge in [0.25, 0.3) is 15.9 Å². The van der Waals surface area contributed by atoms with E-state index in [1.54, 1.807) is 33.2 Å². The first-order chi connectivity index (χ1) is 20.1. The Hall–Kier alpha value is -2.59. The van der Waals surface area contributed by atoms with Crippen molar-refractivity contribution in [3.63, 3.8) is 0 Å². The number of benzene rings is 2. The second kappa shape index (κ2) is 11.2. The lowest BCUT2D eigenvalue weighted by molar-refractivity contribution is -0.123. The van der Waals surface area contributed by atoms with Crippen molar-refractivity contribution in [2.75, 3.05) is 45.3 Å². The number of anilines is 1. The van der Waals surface area contributed by atoms with E-state index < -0.39 is 22.0 Å². The number of nitrogens with zero attached hydrogens (tertiary/aromatic N) is 2. The molecule has 226 valence electrons. The lowest BCUT2D eigenvalue weighted by atomic mass is 9.67. The van der Waals surface area contributed by atoms with E-state index in [4.69, 9.17) is 21.1 Å². The number of carbonyl (C=O) groups is 1. The fourth-order valence-electron chi connectivity index (χ4n) is 7.43. The fraction of sp³-hybridized carbons (Fsp3) is 0.531. The highest BCUT2D eigenvalue weighted by atomic mass is 35.5. The summed E-state index contributed by atoms with van der Waals surface area (Å²) in [6.07, 6.45) is 7.73. The van der Waals surface area contributed by atoms with Gasteiger partial charge in [0, 0.05) is 43.1 Å². The Bertz CT molecular complexity index is 1530. The zero-order valence-electron chi connectivity index (χ0n) is 24.7. The minimum atomic E-state index is -4.11. The normalized spacial score (nSPS) is 31.5. The maximum absolute atomic E-state index is 13.5. The van der Waals surface area contributed by atoms with Gasteiger partial charge in [-0.05, 0) is 86.5 Å². The Kier molecular flexibility index (Phi) is 7.83. The highest BCUT2D eigenvalue weighted by Crippen LogP contribution is 2.50. The Morgan fingerprint density at radius 3 is 2.81 bits per heavy atom. The number of fused-ring (bicyclic) bond motifs is 4. The van der Waals surface area contributed by atoms with Crippen molar-refractivity contribution in [1.29, 1.82) is 0 Å². The van der Waals surface area contributed by atoms with Gasteiger partial charge in [0.1, 0.15) is 5.75 Å². The lowest BCUT2D eigenvalue weighted by Gasteiger charge is -2.45. The van der Waals surface area contributed by atoms with Gasteiger partial charge in [-0.2, -0.15) is 0 Å². The Morgan fingerprint density at radius 2 is 2.05 bits per heavy atom. The van der Waals surface area contributed by atoms with E-state index >= 15 is 0 Å². The third-order valence-electron chi connectivity index (χ3n) is 9.97. The number of hydrogen-bond acceptors (Lipinski definition) is 7. The third-order valence-corrected chi connectivity index (χ3v) is 11.6. The second-order valence-corrected chi connectivity index (χ2v) is 14.4. The number of rotatable bonds is 2. The summed E-state index contributed by atoms with van der Waals surface area (Å²) in [5.74, 6) is 0.177. The van der Waals surface area contributed by atoms with Gasteiger partial charge in [-0.1, -0.05) is 36.7 Å². The number of halogens is 1. The molecule has 1 aliphatic carbocycles. The van der Waals surface area contributed by atoms with Crippen LogP contribution in [0.4, 0.5) is 5.69 Å². The summed E-state index contributed by atoms with van der Waals surface area (Å²) in [6.45, 7) is 6.16. The quantitative estimate of drug-likeness (QED) is 0.494. The highest BCUT2D eigenvalue weighted by Gasteiger charge is 2.46. The minimum absolute atomic E-state index is 0.0119. The predicted octanol–water partition coefficient (Wildman–Crippen LogP) is 4.65. The number of methoxy groups -OCH3 is 1. The molecule has 0 radical (unpaired) electrons. The van der Waals surface area contributed by atoms with Crippen LogP contribution in [0.5, 0.6) is 5.75 Å². The molecule has 3 aliphatic heterocycles. The van der Waals surface area contributed by atoms with Crippen molar-refractivity contribution in [2.24, 2.45) is 5.92 Å². The summed E-state index contributed by atoms with van der Waals surface area (Å²) in [6, 6.07) is 8.78. The van der Waals surface area contributed by atoms with E-state index in [-0.39, 0.29) is 28.3 Å². The Morgan fingerprint density at radius 1 is 1.24 bits per heavy atom. The summed E-state index contributed by atoms with van der Waals surface area (Å²) in [7, 11) is -0.574. The molecule has 0 unspecified atom stereocenters. The average molecular weight is 614 g/mol. The Balaban J connectivity index is 1.58. The minimum Gasteiger partial charge on any atom is -0.490 e. The summed E-state index contributed by atoms with van der Waals surface area (Å²) < 4.78 is 41.9. The molecule has 1 N–H and O–H groups in total. The van der Waals surface area contributed by atoms with Gasteiger partial charge >= 0.3 is 0 Å². The highest BCUT2D eigenvalue weighted by molar-refractivity contribution is 7.90. The molecule has 4 aliphatic rings. The van der Waals surface area contributed by atoms with Crippen molar-refractivity contribution < 1.29 is 22.7 Å². The van der Waals surface area contributed by atoms with Crippen LogP contribution in [-0.2, 0) is 31.4 Å². The van der Waals surface area contributed by atoms with Crippen LogP contribution >= 0.6 is 11.6 Å². The molecule has 5 atom stereocenters. The number of ether oxygens (including phenoxy) is 2. The van der Waals surface area contributed by atoms with Crippen LogP contribution in [0.2, 0.25) is 5.02 Å². The molecule has 8 nitrogen and oxygen atoms in total. The first-order valence-electron chi connectivity index (χ1n) is 14.9. The van der Waals surface area contributed by atoms with Gasteiger partial charge in [0.15, 0.2) is 0 Å². The number of sulfonamides is 1. The second-order valence-electron chi connectivity index (χ2n) is 12.4. The van der Waals surface area contributed by atoms with E-state index in [0.717, 1.165) is 42.0 Å². The van der Waals surface area contributed by atoms with E-state index in [2.05, 4.69) is 34.8 Å². The molecule has 0 fully saturated rings. The molecule has 1 spiro atoms. The molecule has 1 amide bonds. The van der Waals surface area contributed by atoms with Crippen molar-refractivity contribution in [3.8, 4) is 5.75 Å². The zero-order chi connectivity index (χ0) is 29.8. The van der Waals surface area contributed by atoms with Gasteiger partial charge < -0.3 is 14.4 Å². The van der Waals surface area contributed by atoms with Crippen LogP contribution in [0, 0.1) is 5.92 Å². The molecule has 10 heteroatoms. The van der Waals surface area contributed by atoms with E-state index in [1.165, 1.54) is 17.2 Å². The third kappa shape index (κ3) is 5.02. The number of hydrogen-bond donors (Lipinski definition) is 1. The van der Waals surface area contributed by atoms with E-state index in [0.29, 0.717) is 32.0 Å². The van der Waals surface area contributed by atoms with Gasteiger partial charge in [0.05, 0.1) is 29.3 Å². The van der Waals surface area contributed by atoms with Crippen LogP contribution in [0.15, 0.2) is 47.4 Å². The van der Waals surface area contributed by atoms with Crippen LogP contribution in [-0.4, -0.2) is 71.8 Å². The molecule has 7 bridgehead atoms. The molecule has 3 heterocycles. The molecule has 2 aromatic rings. The van der Waals surface area contributed by atoms with Gasteiger partial charge in [-0.3, -0.25) is 9.69 Å². The standard InChI is InChI=1S/C32H40ClN3O5S/c1-5-23-25-17-36-18-32(12-6-8-21-14-27(33)24(25)16-26(21)32)19-41-30-11-10-22(15-28(30)36)42(38,39)34-31(37)20(2)35(3)13-7-9-29(23)40-4/h7,9-11,14-16,20,23,25,29H,5-6,8,12-13,17-19H2,1-4H3,(H,34,37)/b9-7+/t20-,23-,25+,29-,32+/m1/s1. The molecule has 0 saturated heterocycles. The van der Waals surface area contributed by atoms with Crippen molar-refractivity contribution in [2.45, 2.75) is 67.9 Å². The number of amides is 1. The molecule has 6 rings (SSSR count). The summed E-state index contributed by atoms with van der Waals surface area (Å²) in [4.78, 5) is 17.2. The largest absolute Gasteiger partial charge is 0.490 e. The van der Waals surface area contributed by atoms with E-state index in [9.17, 15) is 13.2 Å². The molecular formula is C32H40ClN3O5S. The average Bonchev–Trinajstić information content (AvgIpc) is 3.11. The number of aryl methyl sites for hydroxylation is 1. The summed E-state index contributed by atoms with van der Waals surface area (Å²) in [5, 5.41) is 0.774. The smallest absolute Gasteiger partial charge is 0.264 e. The predicted molar refractivity (Wildman–Crippen MR) is 164 cm³/mol. The van der Waals surface area contributed by atoms with Crippen LogP contribution in [0.3, 0.4) is 0 Å². The first-order valence-corrected chi connectivity index (χ1v) is 16.7. The molecular weight excluding hydrogens is 574 g/mol. The van der Waals surface area contributed by atoms with Crippen molar-refractivity contribution >= 4 is 33.2 Å². The van der Waals surface area contributed by atoms with Gasteiger partial charge in [-0.15, -0.1) is 0 Å². The van der Waals surface area contributed by atoms with E-state index in [1.807, 2.05) is 11.0 Å². The number of carbonyl (C=O) groups excluding carboxylic acids is 1. The monoisotopic (exact) mass is 613 g/mol. The molecule has 42 heavy (non-hydrogen) atoms. The summed E-state index contributed by atoms with van der Waals surface area (Å²) in [5.41, 5.74) is 4.15. The first kappa shape index (κ1) is 29.5. The van der Waals surface area contributed by atoms with Crippen LogP contribution in [0.1, 0.15) is 55.7 Å². The van der Waals surface area contributed by atoms with Gasteiger partial charge in [0.2, 0.25) is 0 Å². The SMILES string of the molecule is CC[C@@H]1[C@@H]2CN3C[C@@]4(CCCc5cc(Cl)c2cc54)COc2ccc(cc23)S(=O)(=O)NC(=O)[C@@H](C)N(C)C/C=C/[C@H]1OC. The van der Waals surface area contributed by atoms with Gasteiger partial charge in [-0.25, -0.2) is 13.1 Å². The molecule has 0 saturated carbocycles. The zero-order valence-corrected chi connectivity index (χ0v) is 26.3.